The van der Waals surface area contributed by atoms with Gasteiger partial charge in [-0.05, 0) is 55.5 Å². The van der Waals surface area contributed by atoms with Crippen molar-refractivity contribution in [1.29, 1.82) is 0 Å². The zero-order valence-corrected chi connectivity index (χ0v) is 15.1. The SMILES string of the molecule is O=C(Nc1ccccc1)OCC1CCCN(C2Cc3ccccc3C2)C1. The number of amides is 1. The summed E-state index contributed by atoms with van der Waals surface area (Å²) < 4.78 is 5.48. The number of anilines is 1. The number of rotatable bonds is 4. The average molecular weight is 350 g/mol. The number of likely N-dealkylation sites (tertiary alicyclic amines) is 1. The predicted molar refractivity (Wildman–Crippen MR) is 103 cm³/mol. The molecule has 1 fully saturated rings. The highest BCUT2D eigenvalue weighted by atomic mass is 16.5. The van der Waals surface area contributed by atoms with Gasteiger partial charge in [0.25, 0.3) is 0 Å². The van der Waals surface area contributed by atoms with E-state index in [4.69, 9.17) is 4.74 Å². The Morgan fingerprint density at radius 2 is 1.73 bits per heavy atom. The first-order valence-electron chi connectivity index (χ1n) is 9.57. The second-order valence-electron chi connectivity index (χ2n) is 7.42. The summed E-state index contributed by atoms with van der Waals surface area (Å²) in [5.74, 6) is 0.425. The van der Waals surface area contributed by atoms with Gasteiger partial charge in [0.2, 0.25) is 0 Å². The quantitative estimate of drug-likeness (QED) is 0.902. The van der Waals surface area contributed by atoms with Crippen LogP contribution in [-0.4, -0.2) is 36.7 Å². The van der Waals surface area contributed by atoms with E-state index < -0.39 is 0 Å². The molecular formula is C22H26N2O2. The van der Waals surface area contributed by atoms with Crippen LogP contribution in [0.15, 0.2) is 54.6 Å². The van der Waals surface area contributed by atoms with E-state index in [1.807, 2.05) is 30.3 Å². The zero-order chi connectivity index (χ0) is 17.8. The van der Waals surface area contributed by atoms with Crippen molar-refractivity contribution in [1.82, 2.24) is 4.90 Å². The van der Waals surface area contributed by atoms with Crippen molar-refractivity contribution in [2.45, 2.75) is 31.7 Å². The fraction of sp³-hybridized carbons (Fsp3) is 0.409. The Hall–Kier alpha value is -2.33. The van der Waals surface area contributed by atoms with Gasteiger partial charge in [0.15, 0.2) is 0 Å². The van der Waals surface area contributed by atoms with Gasteiger partial charge in [-0.2, -0.15) is 0 Å². The third kappa shape index (κ3) is 4.07. The van der Waals surface area contributed by atoms with Gasteiger partial charge in [0, 0.05) is 24.2 Å². The van der Waals surface area contributed by atoms with E-state index in [1.54, 1.807) is 0 Å². The van der Waals surface area contributed by atoms with Gasteiger partial charge in [-0.1, -0.05) is 42.5 Å². The maximum Gasteiger partial charge on any atom is 0.411 e. The summed E-state index contributed by atoms with van der Waals surface area (Å²) in [4.78, 5) is 14.6. The minimum absolute atomic E-state index is 0.360. The van der Waals surface area contributed by atoms with Crippen molar-refractivity contribution < 1.29 is 9.53 Å². The monoisotopic (exact) mass is 350 g/mol. The van der Waals surface area contributed by atoms with Crippen LogP contribution in [-0.2, 0) is 17.6 Å². The average Bonchev–Trinajstić information content (AvgIpc) is 3.12. The topological polar surface area (TPSA) is 41.6 Å². The van der Waals surface area contributed by atoms with Gasteiger partial charge in [-0.3, -0.25) is 10.2 Å². The van der Waals surface area contributed by atoms with E-state index in [0.717, 1.165) is 38.0 Å². The van der Waals surface area contributed by atoms with Crippen molar-refractivity contribution >= 4 is 11.8 Å². The lowest BCUT2D eigenvalue weighted by atomic mass is 9.97. The molecule has 0 radical (unpaired) electrons. The Labute approximate surface area is 155 Å². The maximum absolute atomic E-state index is 12.0. The van der Waals surface area contributed by atoms with Crippen molar-refractivity contribution in [3.8, 4) is 0 Å². The molecule has 1 aliphatic carbocycles. The predicted octanol–water partition coefficient (Wildman–Crippen LogP) is 4.11. The van der Waals surface area contributed by atoms with E-state index >= 15 is 0 Å². The molecule has 2 aromatic carbocycles. The molecule has 2 aliphatic rings. The highest BCUT2D eigenvalue weighted by molar-refractivity contribution is 5.84. The molecule has 26 heavy (non-hydrogen) atoms. The first-order valence-corrected chi connectivity index (χ1v) is 9.57. The molecule has 0 spiro atoms. The van der Waals surface area contributed by atoms with Gasteiger partial charge in [0.1, 0.15) is 0 Å². The number of hydrogen-bond acceptors (Lipinski definition) is 3. The highest BCUT2D eigenvalue weighted by Gasteiger charge is 2.30. The zero-order valence-electron chi connectivity index (χ0n) is 15.1. The third-order valence-electron chi connectivity index (χ3n) is 5.57. The van der Waals surface area contributed by atoms with Crippen LogP contribution in [0, 0.1) is 5.92 Å². The largest absolute Gasteiger partial charge is 0.449 e. The first kappa shape index (κ1) is 17.1. The third-order valence-corrected chi connectivity index (χ3v) is 5.57. The Balaban J connectivity index is 1.26. The maximum atomic E-state index is 12.0. The lowest BCUT2D eigenvalue weighted by Gasteiger charge is -2.36. The number of ether oxygens (including phenoxy) is 1. The molecule has 4 heteroatoms. The van der Waals surface area contributed by atoms with Gasteiger partial charge in [0.05, 0.1) is 6.61 Å². The van der Waals surface area contributed by atoms with Crippen LogP contribution in [0.5, 0.6) is 0 Å². The molecule has 136 valence electrons. The Bertz CT molecular complexity index is 722. The summed E-state index contributed by atoms with van der Waals surface area (Å²) in [5.41, 5.74) is 3.77. The first-order chi connectivity index (χ1) is 12.8. The molecule has 1 N–H and O–H groups in total. The Morgan fingerprint density at radius 3 is 2.46 bits per heavy atom. The smallest absolute Gasteiger partial charge is 0.411 e. The molecule has 0 aromatic heterocycles. The second kappa shape index (κ2) is 7.92. The number of nitrogens with zero attached hydrogens (tertiary/aromatic N) is 1. The molecule has 1 amide bonds. The molecular weight excluding hydrogens is 324 g/mol. The summed E-state index contributed by atoms with van der Waals surface area (Å²) in [5, 5.41) is 2.78. The van der Waals surface area contributed by atoms with Gasteiger partial charge < -0.3 is 4.74 Å². The summed E-state index contributed by atoms with van der Waals surface area (Å²) in [7, 11) is 0. The van der Waals surface area contributed by atoms with Crippen LogP contribution >= 0.6 is 0 Å². The number of fused-ring (bicyclic) bond motifs is 1. The summed E-state index contributed by atoms with van der Waals surface area (Å²) in [6.07, 6.45) is 4.26. The molecule has 1 heterocycles. The minimum atomic E-state index is -0.360. The summed E-state index contributed by atoms with van der Waals surface area (Å²) in [6, 6.07) is 18.8. The van der Waals surface area contributed by atoms with E-state index in [-0.39, 0.29) is 6.09 Å². The molecule has 1 aliphatic heterocycles. The standard InChI is InChI=1S/C22H26N2O2/c25-22(23-20-10-2-1-3-11-20)26-16-17-7-6-12-24(15-17)21-13-18-8-4-5-9-19(18)14-21/h1-5,8-11,17,21H,6-7,12-16H2,(H,23,25). The van der Waals surface area contributed by atoms with Crippen molar-refractivity contribution in [3.63, 3.8) is 0 Å². The van der Waals surface area contributed by atoms with Crippen LogP contribution in [0.1, 0.15) is 24.0 Å². The summed E-state index contributed by atoms with van der Waals surface area (Å²) in [6.45, 7) is 2.68. The van der Waals surface area contributed by atoms with Crippen molar-refractivity contribution in [3.05, 3.63) is 65.7 Å². The second-order valence-corrected chi connectivity index (χ2v) is 7.42. The molecule has 0 saturated carbocycles. The number of nitrogens with one attached hydrogen (secondary N) is 1. The van der Waals surface area contributed by atoms with E-state index in [1.165, 1.54) is 17.5 Å². The van der Waals surface area contributed by atoms with Crippen molar-refractivity contribution in [2.75, 3.05) is 25.0 Å². The summed E-state index contributed by atoms with van der Waals surface area (Å²) >= 11 is 0. The van der Waals surface area contributed by atoms with E-state index in [9.17, 15) is 4.79 Å². The minimum Gasteiger partial charge on any atom is -0.449 e. The molecule has 4 rings (SSSR count). The highest BCUT2D eigenvalue weighted by Crippen LogP contribution is 2.28. The number of hydrogen-bond donors (Lipinski definition) is 1. The Kier molecular flexibility index (Phi) is 5.21. The van der Waals surface area contributed by atoms with Crippen LogP contribution in [0.25, 0.3) is 0 Å². The molecule has 1 atom stereocenters. The van der Waals surface area contributed by atoms with Gasteiger partial charge >= 0.3 is 6.09 Å². The number of para-hydroxylation sites is 1. The molecule has 1 unspecified atom stereocenters. The van der Waals surface area contributed by atoms with E-state index in [0.29, 0.717) is 18.6 Å². The van der Waals surface area contributed by atoms with Crippen LogP contribution < -0.4 is 5.32 Å². The van der Waals surface area contributed by atoms with Crippen LogP contribution in [0.4, 0.5) is 10.5 Å². The molecule has 4 nitrogen and oxygen atoms in total. The fourth-order valence-electron chi connectivity index (χ4n) is 4.23. The normalized spacial score (nSPS) is 20.5. The molecule has 1 saturated heterocycles. The van der Waals surface area contributed by atoms with E-state index in [2.05, 4.69) is 34.5 Å². The number of piperidine rings is 1. The fourth-order valence-corrected chi connectivity index (χ4v) is 4.23. The number of carbonyl (C=O) groups is 1. The van der Waals surface area contributed by atoms with Crippen LogP contribution in [0.3, 0.4) is 0 Å². The Morgan fingerprint density at radius 1 is 1.04 bits per heavy atom. The van der Waals surface area contributed by atoms with Gasteiger partial charge in [-0.15, -0.1) is 0 Å². The lowest BCUT2D eigenvalue weighted by molar-refractivity contribution is 0.0779. The van der Waals surface area contributed by atoms with Crippen LogP contribution in [0.2, 0.25) is 0 Å². The number of benzene rings is 2. The molecule has 2 aromatic rings. The van der Waals surface area contributed by atoms with Crippen molar-refractivity contribution in [2.24, 2.45) is 5.92 Å². The van der Waals surface area contributed by atoms with Gasteiger partial charge in [-0.25, -0.2) is 4.79 Å². The number of carbonyl (C=O) groups excluding carboxylic acids is 1. The molecule has 0 bridgehead atoms. The lowest BCUT2D eigenvalue weighted by Crippen LogP contribution is -2.44.